The van der Waals surface area contributed by atoms with Gasteiger partial charge in [-0.3, -0.25) is 4.79 Å². The second kappa shape index (κ2) is 13.0. The number of nitrogens with one attached hydrogen (secondary N) is 2. The Morgan fingerprint density at radius 1 is 0.979 bits per heavy atom. The van der Waals surface area contributed by atoms with E-state index in [1.807, 2.05) is 6.07 Å². The maximum Gasteiger partial charge on any atom is 0.416 e. The Morgan fingerprint density at radius 3 is 2.19 bits per heavy atom. The summed E-state index contributed by atoms with van der Waals surface area (Å²) in [6.07, 6.45) is -12.1. The number of amides is 2. The van der Waals surface area contributed by atoms with E-state index in [2.05, 4.69) is 10.6 Å². The first-order chi connectivity index (χ1) is 22.0. The molecule has 1 aliphatic carbocycles. The summed E-state index contributed by atoms with van der Waals surface area (Å²) in [5.41, 5.74) is -2.12. The third-order valence-corrected chi connectivity index (χ3v) is 8.41. The van der Waals surface area contributed by atoms with Crippen LogP contribution in [-0.4, -0.2) is 23.6 Å². The Labute approximate surface area is 265 Å². The molecule has 2 amide bonds. The maximum absolute atomic E-state index is 13.9. The molecule has 4 atom stereocenters. The number of hydrogen-bond acceptors (Lipinski definition) is 4. The zero-order valence-corrected chi connectivity index (χ0v) is 25.3. The van der Waals surface area contributed by atoms with Crippen LogP contribution < -0.4 is 10.6 Å². The van der Waals surface area contributed by atoms with Gasteiger partial charge in [0.15, 0.2) is 0 Å². The average Bonchev–Trinajstić information content (AvgIpc) is 3.55. The molecule has 1 aliphatic heterocycles. The minimum atomic E-state index is -5.02. The quantitative estimate of drug-likeness (QED) is 0.249. The second-order valence-electron chi connectivity index (χ2n) is 11.9. The van der Waals surface area contributed by atoms with E-state index < -0.39 is 65.0 Å². The predicted molar refractivity (Wildman–Crippen MR) is 156 cm³/mol. The van der Waals surface area contributed by atoms with Gasteiger partial charge >= 0.3 is 18.4 Å². The number of rotatable bonds is 7. The molecule has 5 rings (SSSR count). The van der Waals surface area contributed by atoms with Gasteiger partial charge in [-0.15, -0.1) is 0 Å². The Bertz CT molecular complexity index is 1620. The normalized spacial score (nSPS) is 23.8. The van der Waals surface area contributed by atoms with Gasteiger partial charge < -0.3 is 20.1 Å². The molecule has 0 spiro atoms. The molecule has 2 aliphatic rings. The van der Waals surface area contributed by atoms with Gasteiger partial charge in [0.25, 0.3) is 0 Å². The Hall–Kier alpha value is -4.39. The van der Waals surface area contributed by atoms with Gasteiger partial charge in [-0.2, -0.15) is 26.3 Å². The summed E-state index contributed by atoms with van der Waals surface area (Å²) >= 11 is 0. The van der Waals surface area contributed by atoms with Crippen LogP contribution in [0.2, 0.25) is 0 Å². The van der Waals surface area contributed by atoms with E-state index in [1.165, 1.54) is 38.1 Å². The van der Waals surface area contributed by atoms with Crippen LogP contribution >= 0.6 is 0 Å². The van der Waals surface area contributed by atoms with Crippen molar-refractivity contribution in [1.82, 2.24) is 10.6 Å². The molecule has 1 saturated heterocycles. The number of benzene rings is 3. The summed E-state index contributed by atoms with van der Waals surface area (Å²) in [6.45, 7) is 2.88. The van der Waals surface area contributed by atoms with Crippen molar-refractivity contribution in [2.75, 3.05) is 0 Å². The Balaban J connectivity index is 1.40. The zero-order chi connectivity index (χ0) is 34.1. The summed E-state index contributed by atoms with van der Waals surface area (Å²) in [4.78, 5) is 25.8. The van der Waals surface area contributed by atoms with E-state index in [0.717, 1.165) is 5.56 Å². The summed E-state index contributed by atoms with van der Waals surface area (Å²) in [6, 6.07) is 15.7. The number of carbonyl (C=O) groups excluding carboxylic acids is 2. The highest BCUT2D eigenvalue weighted by atomic mass is 19.4. The molecule has 1 saturated carbocycles. The molecule has 2 N–H and O–H groups in total. The van der Waals surface area contributed by atoms with Crippen molar-refractivity contribution in [3.63, 3.8) is 0 Å². The third kappa shape index (κ3) is 7.78. The molecule has 3 aromatic carbocycles. The molecule has 250 valence electrons. The molecular weight excluding hydrogens is 633 g/mol. The summed E-state index contributed by atoms with van der Waals surface area (Å²) in [5, 5.41) is 5.44. The lowest BCUT2D eigenvalue weighted by molar-refractivity contribution is -0.143. The number of hydrogen-bond donors (Lipinski definition) is 2. The van der Waals surface area contributed by atoms with E-state index >= 15 is 0 Å². The van der Waals surface area contributed by atoms with E-state index in [1.54, 1.807) is 24.3 Å². The fourth-order valence-electron chi connectivity index (χ4n) is 6.00. The number of carbonyl (C=O) groups is 2. The first kappa shape index (κ1) is 34.0. The molecule has 1 unspecified atom stereocenters. The highest BCUT2D eigenvalue weighted by molar-refractivity contribution is 5.94. The van der Waals surface area contributed by atoms with Crippen molar-refractivity contribution in [2.45, 2.75) is 75.7 Å². The lowest BCUT2D eigenvalue weighted by atomic mass is 9.88. The second-order valence-corrected chi connectivity index (χ2v) is 11.9. The van der Waals surface area contributed by atoms with Gasteiger partial charge in [0.2, 0.25) is 5.91 Å². The Morgan fingerprint density at radius 2 is 1.60 bits per heavy atom. The molecule has 0 radical (unpaired) electrons. The van der Waals surface area contributed by atoms with Crippen LogP contribution in [0.15, 0.2) is 84.1 Å². The average molecular weight is 665 g/mol. The van der Waals surface area contributed by atoms with Crippen LogP contribution in [0, 0.1) is 5.82 Å². The van der Waals surface area contributed by atoms with Crippen molar-refractivity contribution < 1.29 is 49.8 Å². The number of halogens is 7. The summed E-state index contributed by atoms with van der Waals surface area (Å²) in [7, 11) is 0. The fraction of sp³-hybridized carbons (Fsp3) is 0.353. The van der Waals surface area contributed by atoms with Gasteiger partial charge in [-0.25, -0.2) is 9.18 Å². The molecule has 13 heteroatoms. The van der Waals surface area contributed by atoms with Crippen molar-refractivity contribution >= 4 is 12.0 Å². The van der Waals surface area contributed by atoms with Crippen LogP contribution in [0.5, 0.6) is 0 Å². The van der Waals surface area contributed by atoms with E-state index in [4.69, 9.17) is 9.47 Å². The molecule has 3 aromatic rings. The van der Waals surface area contributed by atoms with Crippen molar-refractivity contribution in [2.24, 2.45) is 0 Å². The van der Waals surface area contributed by atoms with Crippen LogP contribution in [-0.2, 0) is 33.2 Å². The predicted octanol–water partition coefficient (Wildman–Crippen LogP) is 8.35. The standard InChI is InChI=1S/C34H31F7N2O4/c1-19(22-14-23(33(36,37)38)16-24(15-22)34(39,40)41)47-28-13-12-26(29(28)21-8-10-25(35)11-9-21)27-17-32(2,30(44)42-27)43-31(45)46-18-20-6-4-3-5-7-20/h3-11,14-16,19,28-29H,12-13,17-18H2,1-2H3,(H,42,44)(H,43,45)/b27-26+/t19-,28?,29+,32-/m1/s1. The van der Waals surface area contributed by atoms with Gasteiger partial charge in [0.05, 0.1) is 23.3 Å². The largest absolute Gasteiger partial charge is 0.445 e. The lowest BCUT2D eigenvalue weighted by Crippen LogP contribution is -2.51. The number of alkyl carbamates (subject to hydrolysis) is 1. The van der Waals surface area contributed by atoms with Gasteiger partial charge in [0, 0.05) is 18.0 Å². The van der Waals surface area contributed by atoms with Crippen LogP contribution in [0.25, 0.3) is 0 Å². The van der Waals surface area contributed by atoms with E-state index in [0.29, 0.717) is 41.8 Å². The first-order valence-corrected chi connectivity index (χ1v) is 14.8. The first-order valence-electron chi connectivity index (χ1n) is 14.8. The van der Waals surface area contributed by atoms with Crippen molar-refractivity contribution in [3.05, 3.63) is 118 Å². The molecule has 6 nitrogen and oxygen atoms in total. The lowest BCUT2D eigenvalue weighted by Gasteiger charge is -2.27. The minimum absolute atomic E-state index is 0.0154. The van der Waals surface area contributed by atoms with Crippen molar-refractivity contribution in [1.29, 1.82) is 0 Å². The van der Waals surface area contributed by atoms with E-state index in [9.17, 15) is 40.3 Å². The molecule has 0 aromatic heterocycles. The fourth-order valence-corrected chi connectivity index (χ4v) is 6.00. The number of ether oxygens (including phenoxy) is 2. The maximum atomic E-state index is 13.9. The molecule has 1 heterocycles. The monoisotopic (exact) mass is 664 g/mol. The topological polar surface area (TPSA) is 76.7 Å². The number of alkyl halides is 6. The highest BCUT2D eigenvalue weighted by Crippen LogP contribution is 2.47. The SMILES string of the molecule is C[C@@H](OC1CC/C(=C2/C[C@@](C)(NC(=O)OCc3ccccc3)C(=O)N2)[C@@H]1c1ccc(F)cc1)c1cc(C(F)(F)F)cc(C(F)(F)F)c1. The van der Waals surface area contributed by atoms with Crippen molar-refractivity contribution in [3.8, 4) is 0 Å². The van der Waals surface area contributed by atoms with Crippen LogP contribution in [0.1, 0.15) is 72.9 Å². The molecule has 47 heavy (non-hydrogen) atoms. The van der Waals surface area contributed by atoms with Gasteiger partial charge in [0.1, 0.15) is 18.0 Å². The summed E-state index contributed by atoms with van der Waals surface area (Å²) < 4.78 is 106. The Kier molecular flexibility index (Phi) is 9.40. The molecular formula is C34H31F7N2O4. The third-order valence-electron chi connectivity index (χ3n) is 8.41. The van der Waals surface area contributed by atoms with Gasteiger partial charge in [-0.05, 0) is 79.3 Å². The zero-order valence-electron chi connectivity index (χ0n) is 25.3. The smallest absolute Gasteiger partial charge is 0.416 e. The van der Waals surface area contributed by atoms with Crippen LogP contribution in [0.3, 0.4) is 0 Å². The van der Waals surface area contributed by atoms with Gasteiger partial charge in [-0.1, -0.05) is 42.5 Å². The molecule has 0 bridgehead atoms. The van der Waals surface area contributed by atoms with Crippen LogP contribution in [0.4, 0.5) is 35.5 Å². The molecule has 2 fully saturated rings. The summed E-state index contributed by atoms with van der Waals surface area (Å²) in [5.74, 6) is -1.65. The van der Waals surface area contributed by atoms with E-state index in [-0.39, 0.29) is 24.7 Å². The minimum Gasteiger partial charge on any atom is -0.445 e. The highest BCUT2D eigenvalue weighted by Gasteiger charge is 2.46.